The van der Waals surface area contributed by atoms with E-state index in [2.05, 4.69) is 10.2 Å². The molecule has 0 aliphatic carbocycles. The summed E-state index contributed by atoms with van der Waals surface area (Å²) in [6.45, 7) is 5.73. The van der Waals surface area contributed by atoms with E-state index in [1.165, 1.54) is 0 Å². The van der Waals surface area contributed by atoms with Crippen molar-refractivity contribution >= 4 is 5.91 Å². The summed E-state index contributed by atoms with van der Waals surface area (Å²) in [5.74, 6) is 1.29. The zero-order valence-corrected chi connectivity index (χ0v) is 16.3. The number of amides is 1. The van der Waals surface area contributed by atoms with Crippen LogP contribution in [-0.2, 0) is 16.0 Å². The number of ether oxygens (including phenoxy) is 1. The summed E-state index contributed by atoms with van der Waals surface area (Å²) < 4.78 is 6.82. The van der Waals surface area contributed by atoms with E-state index in [1.807, 2.05) is 49.1 Å². The van der Waals surface area contributed by atoms with Gasteiger partial charge in [-0.05, 0) is 44.7 Å². The molecule has 0 spiro atoms. The Hall–Kier alpha value is -2.41. The summed E-state index contributed by atoms with van der Waals surface area (Å²) in [4.78, 5) is 26.8. The quantitative estimate of drug-likeness (QED) is 0.841. The fourth-order valence-electron chi connectivity index (χ4n) is 3.76. The Morgan fingerprint density at radius 2 is 1.93 bits per heavy atom. The van der Waals surface area contributed by atoms with Crippen molar-refractivity contribution in [1.82, 2.24) is 19.7 Å². The van der Waals surface area contributed by atoms with Crippen LogP contribution in [0.2, 0.25) is 0 Å². The molecule has 1 fully saturated rings. The van der Waals surface area contributed by atoms with E-state index >= 15 is 0 Å². The highest BCUT2D eigenvalue weighted by molar-refractivity contribution is 5.82. The number of carbonyl (C=O) groups excluding carboxylic acids is 1. The SMILES string of the molecule is COCC(C)(C)C(=O)N1CCC(Cc2n[nH]c(=O)n2-c2ccccc2)CC1. The number of rotatable bonds is 6. The third-order valence-corrected chi connectivity index (χ3v) is 5.21. The van der Waals surface area contributed by atoms with Crippen molar-refractivity contribution in [3.05, 3.63) is 46.6 Å². The Morgan fingerprint density at radius 3 is 2.56 bits per heavy atom. The Bertz CT molecular complexity index is 817. The molecule has 2 heterocycles. The molecule has 1 aromatic heterocycles. The molecule has 2 aromatic rings. The van der Waals surface area contributed by atoms with E-state index in [4.69, 9.17) is 4.74 Å². The molecule has 0 unspecified atom stereocenters. The van der Waals surface area contributed by atoms with Gasteiger partial charge in [-0.15, -0.1) is 0 Å². The Morgan fingerprint density at radius 1 is 1.26 bits per heavy atom. The number of aromatic amines is 1. The number of hydrogen-bond acceptors (Lipinski definition) is 4. The normalized spacial score (nSPS) is 15.9. The average molecular weight is 372 g/mol. The molecule has 1 aliphatic rings. The van der Waals surface area contributed by atoms with Gasteiger partial charge in [0.15, 0.2) is 0 Å². The van der Waals surface area contributed by atoms with Crippen molar-refractivity contribution in [2.45, 2.75) is 33.1 Å². The van der Waals surface area contributed by atoms with Crippen LogP contribution in [0.5, 0.6) is 0 Å². The summed E-state index contributed by atoms with van der Waals surface area (Å²) in [5, 5.41) is 6.80. The maximum atomic E-state index is 12.7. The van der Waals surface area contributed by atoms with Crippen molar-refractivity contribution < 1.29 is 9.53 Å². The fraction of sp³-hybridized carbons (Fsp3) is 0.550. The summed E-state index contributed by atoms with van der Waals surface area (Å²) in [6.07, 6.45) is 2.53. The molecule has 0 atom stereocenters. The van der Waals surface area contributed by atoms with Crippen LogP contribution in [0.25, 0.3) is 5.69 Å². The first-order valence-corrected chi connectivity index (χ1v) is 9.42. The standard InChI is InChI=1S/C20H28N4O3/c1-20(2,14-27-3)18(25)23-11-9-15(10-12-23)13-17-21-22-19(26)24(17)16-7-5-4-6-8-16/h4-8,15H,9-14H2,1-3H3,(H,22,26). The number of likely N-dealkylation sites (tertiary alicyclic amines) is 1. The zero-order valence-electron chi connectivity index (χ0n) is 16.3. The lowest BCUT2D eigenvalue weighted by Crippen LogP contribution is -2.47. The monoisotopic (exact) mass is 372 g/mol. The summed E-state index contributed by atoms with van der Waals surface area (Å²) in [5.41, 5.74) is 0.0997. The molecule has 27 heavy (non-hydrogen) atoms. The first kappa shape index (κ1) is 19.4. The van der Waals surface area contributed by atoms with Crippen LogP contribution in [0, 0.1) is 11.3 Å². The van der Waals surface area contributed by atoms with Gasteiger partial charge in [0.1, 0.15) is 5.82 Å². The van der Waals surface area contributed by atoms with Crippen molar-refractivity contribution in [3.8, 4) is 5.69 Å². The highest BCUT2D eigenvalue weighted by Gasteiger charge is 2.34. The van der Waals surface area contributed by atoms with Gasteiger partial charge < -0.3 is 9.64 Å². The van der Waals surface area contributed by atoms with E-state index in [0.717, 1.165) is 43.9 Å². The molecule has 0 radical (unpaired) electrons. The van der Waals surface area contributed by atoms with Crippen molar-refractivity contribution in [2.75, 3.05) is 26.8 Å². The number of nitrogens with one attached hydrogen (secondary N) is 1. The van der Waals surface area contributed by atoms with E-state index < -0.39 is 5.41 Å². The summed E-state index contributed by atoms with van der Waals surface area (Å²) in [6, 6.07) is 9.54. The van der Waals surface area contributed by atoms with Crippen molar-refractivity contribution in [3.63, 3.8) is 0 Å². The van der Waals surface area contributed by atoms with Crippen LogP contribution in [-0.4, -0.2) is 52.4 Å². The van der Waals surface area contributed by atoms with Gasteiger partial charge in [-0.2, -0.15) is 5.10 Å². The Labute approximate surface area is 159 Å². The van der Waals surface area contributed by atoms with Crippen LogP contribution in [0.3, 0.4) is 0 Å². The molecule has 1 aliphatic heterocycles. The predicted octanol–water partition coefficient (Wildman–Crippen LogP) is 2.01. The van der Waals surface area contributed by atoms with E-state index in [-0.39, 0.29) is 11.6 Å². The minimum absolute atomic E-state index is 0.142. The zero-order chi connectivity index (χ0) is 19.4. The Kier molecular flexibility index (Phi) is 5.79. The van der Waals surface area contributed by atoms with Crippen molar-refractivity contribution in [1.29, 1.82) is 0 Å². The second-order valence-electron chi connectivity index (χ2n) is 7.87. The maximum absolute atomic E-state index is 12.7. The highest BCUT2D eigenvalue weighted by atomic mass is 16.5. The highest BCUT2D eigenvalue weighted by Crippen LogP contribution is 2.26. The minimum atomic E-state index is -0.502. The molecule has 7 heteroatoms. The number of aromatic nitrogens is 3. The van der Waals surface area contributed by atoms with E-state index in [0.29, 0.717) is 12.5 Å². The number of carbonyl (C=O) groups is 1. The van der Waals surface area contributed by atoms with Gasteiger partial charge >= 0.3 is 5.69 Å². The van der Waals surface area contributed by atoms with Crippen LogP contribution >= 0.6 is 0 Å². The fourth-order valence-corrected chi connectivity index (χ4v) is 3.76. The third-order valence-electron chi connectivity index (χ3n) is 5.21. The molecule has 7 nitrogen and oxygen atoms in total. The van der Waals surface area contributed by atoms with Gasteiger partial charge in [0, 0.05) is 26.6 Å². The number of H-pyrrole nitrogens is 1. The maximum Gasteiger partial charge on any atom is 0.347 e. The number of para-hydroxylation sites is 1. The van der Waals surface area contributed by atoms with Gasteiger partial charge in [-0.1, -0.05) is 18.2 Å². The van der Waals surface area contributed by atoms with Gasteiger partial charge in [0.25, 0.3) is 0 Å². The van der Waals surface area contributed by atoms with E-state index in [1.54, 1.807) is 11.7 Å². The summed E-state index contributed by atoms with van der Waals surface area (Å²) in [7, 11) is 1.62. The van der Waals surface area contributed by atoms with Crippen molar-refractivity contribution in [2.24, 2.45) is 11.3 Å². The first-order chi connectivity index (χ1) is 12.9. The molecule has 1 N–H and O–H groups in total. The lowest BCUT2D eigenvalue weighted by atomic mass is 9.88. The molecule has 1 amide bonds. The average Bonchev–Trinajstić information content (AvgIpc) is 3.02. The number of methoxy groups -OCH3 is 1. The number of piperidine rings is 1. The third kappa shape index (κ3) is 4.30. The molecule has 0 saturated carbocycles. The second-order valence-corrected chi connectivity index (χ2v) is 7.87. The predicted molar refractivity (Wildman–Crippen MR) is 103 cm³/mol. The molecule has 1 saturated heterocycles. The van der Waals surface area contributed by atoms with Gasteiger partial charge in [-0.3, -0.25) is 4.79 Å². The second kappa shape index (κ2) is 8.08. The smallest absolute Gasteiger partial charge is 0.347 e. The van der Waals surface area contributed by atoms with Crippen LogP contribution in [0.1, 0.15) is 32.5 Å². The molecule has 146 valence electrons. The topological polar surface area (TPSA) is 80.2 Å². The summed E-state index contributed by atoms with van der Waals surface area (Å²) >= 11 is 0. The van der Waals surface area contributed by atoms with Gasteiger partial charge in [0.2, 0.25) is 5.91 Å². The number of hydrogen-bond donors (Lipinski definition) is 1. The Balaban J connectivity index is 1.64. The van der Waals surface area contributed by atoms with Crippen LogP contribution in [0.4, 0.5) is 0 Å². The van der Waals surface area contributed by atoms with Crippen LogP contribution in [0.15, 0.2) is 35.1 Å². The lowest BCUT2D eigenvalue weighted by Gasteiger charge is -2.36. The first-order valence-electron chi connectivity index (χ1n) is 9.42. The van der Waals surface area contributed by atoms with Gasteiger partial charge in [-0.25, -0.2) is 14.5 Å². The lowest BCUT2D eigenvalue weighted by molar-refractivity contribution is -0.144. The molecule has 3 rings (SSSR count). The van der Waals surface area contributed by atoms with E-state index in [9.17, 15) is 9.59 Å². The molecular formula is C20H28N4O3. The molecular weight excluding hydrogens is 344 g/mol. The van der Waals surface area contributed by atoms with Gasteiger partial charge in [0.05, 0.1) is 17.7 Å². The molecule has 1 aromatic carbocycles. The minimum Gasteiger partial charge on any atom is -0.384 e. The molecule has 0 bridgehead atoms. The largest absolute Gasteiger partial charge is 0.384 e. The number of nitrogens with zero attached hydrogens (tertiary/aromatic N) is 3. The number of benzene rings is 1. The van der Waals surface area contributed by atoms with Crippen LogP contribution < -0.4 is 5.69 Å².